The zero-order valence-electron chi connectivity index (χ0n) is 17.2. The molecule has 1 aliphatic heterocycles. The van der Waals surface area contributed by atoms with Crippen molar-refractivity contribution in [3.8, 4) is 0 Å². The Balaban J connectivity index is 0.00000300. The van der Waals surface area contributed by atoms with Crippen LogP contribution in [0.1, 0.15) is 30.4 Å². The Bertz CT molecular complexity index is 835. The molecule has 2 aromatic rings. The van der Waals surface area contributed by atoms with Gasteiger partial charge in [0.15, 0.2) is 5.96 Å². The molecule has 0 saturated carbocycles. The van der Waals surface area contributed by atoms with Crippen LogP contribution in [-0.2, 0) is 11.3 Å². The summed E-state index contributed by atoms with van der Waals surface area (Å²) >= 11 is 0. The SMILES string of the molecule is CCNC(=NCc1ccc(N(C)C)cc1)NCC1CC(=O)Nc2ccccc21.I. The molecular formula is C22H30IN5O. The van der Waals surface area contributed by atoms with Gasteiger partial charge in [-0.25, -0.2) is 4.99 Å². The Kier molecular flexibility index (Phi) is 8.75. The molecule has 0 saturated heterocycles. The normalized spacial score (nSPS) is 15.6. The third-order valence-electron chi connectivity index (χ3n) is 4.84. The van der Waals surface area contributed by atoms with Crippen LogP contribution in [-0.4, -0.2) is 39.1 Å². The van der Waals surface area contributed by atoms with Crippen LogP contribution in [0, 0.1) is 0 Å². The van der Waals surface area contributed by atoms with Gasteiger partial charge in [0.05, 0.1) is 6.54 Å². The van der Waals surface area contributed by atoms with Gasteiger partial charge in [-0.05, 0) is 36.2 Å². The molecular weight excluding hydrogens is 477 g/mol. The summed E-state index contributed by atoms with van der Waals surface area (Å²) in [7, 11) is 4.06. The highest BCUT2D eigenvalue weighted by Gasteiger charge is 2.24. The van der Waals surface area contributed by atoms with Gasteiger partial charge in [0.1, 0.15) is 0 Å². The smallest absolute Gasteiger partial charge is 0.225 e. The number of amides is 1. The van der Waals surface area contributed by atoms with E-state index in [0.29, 0.717) is 19.5 Å². The number of anilines is 2. The molecule has 1 heterocycles. The molecule has 1 unspecified atom stereocenters. The summed E-state index contributed by atoms with van der Waals surface area (Å²) in [5.41, 5.74) is 4.41. The van der Waals surface area contributed by atoms with E-state index in [0.717, 1.165) is 23.8 Å². The van der Waals surface area contributed by atoms with Gasteiger partial charge in [-0.1, -0.05) is 30.3 Å². The lowest BCUT2D eigenvalue weighted by Crippen LogP contribution is -2.40. The van der Waals surface area contributed by atoms with E-state index in [1.807, 2.05) is 39.2 Å². The lowest BCUT2D eigenvalue weighted by molar-refractivity contribution is -0.116. The predicted octanol–water partition coefficient (Wildman–Crippen LogP) is 3.55. The van der Waals surface area contributed by atoms with Crippen molar-refractivity contribution in [2.45, 2.75) is 25.8 Å². The van der Waals surface area contributed by atoms with E-state index in [2.05, 4.69) is 51.2 Å². The summed E-state index contributed by atoms with van der Waals surface area (Å²) in [5, 5.41) is 9.64. The van der Waals surface area contributed by atoms with Gasteiger partial charge in [0, 0.05) is 50.9 Å². The van der Waals surface area contributed by atoms with E-state index in [-0.39, 0.29) is 35.8 Å². The molecule has 0 bridgehead atoms. The molecule has 0 aromatic heterocycles. The second-order valence-electron chi connectivity index (χ2n) is 7.17. The number of para-hydroxylation sites is 1. The number of rotatable bonds is 6. The van der Waals surface area contributed by atoms with Crippen molar-refractivity contribution in [2.24, 2.45) is 4.99 Å². The zero-order valence-corrected chi connectivity index (χ0v) is 19.6. The van der Waals surface area contributed by atoms with E-state index in [1.54, 1.807) is 0 Å². The number of hydrogen-bond acceptors (Lipinski definition) is 3. The molecule has 1 atom stereocenters. The number of carbonyl (C=O) groups excluding carboxylic acids is 1. The Morgan fingerprint density at radius 3 is 2.55 bits per heavy atom. The van der Waals surface area contributed by atoms with Crippen molar-refractivity contribution in [1.82, 2.24) is 10.6 Å². The first kappa shape index (κ1) is 23.0. The number of carbonyl (C=O) groups is 1. The average molecular weight is 507 g/mol. The maximum absolute atomic E-state index is 12.0. The fourth-order valence-electron chi connectivity index (χ4n) is 3.32. The molecule has 0 aliphatic carbocycles. The number of nitrogens with zero attached hydrogens (tertiary/aromatic N) is 2. The molecule has 6 nitrogen and oxygen atoms in total. The number of guanidine groups is 1. The topological polar surface area (TPSA) is 68.8 Å². The van der Waals surface area contributed by atoms with Crippen molar-refractivity contribution >= 4 is 47.2 Å². The maximum atomic E-state index is 12.0. The first-order valence-electron chi connectivity index (χ1n) is 9.74. The second-order valence-corrected chi connectivity index (χ2v) is 7.17. The van der Waals surface area contributed by atoms with Crippen molar-refractivity contribution < 1.29 is 4.79 Å². The van der Waals surface area contributed by atoms with Crippen LogP contribution < -0.4 is 20.9 Å². The lowest BCUT2D eigenvalue weighted by atomic mass is 9.90. The van der Waals surface area contributed by atoms with Gasteiger partial charge in [0.25, 0.3) is 0 Å². The Morgan fingerprint density at radius 2 is 1.86 bits per heavy atom. The quantitative estimate of drug-likeness (QED) is 0.318. The molecule has 1 aliphatic rings. The highest BCUT2D eigenvalue weighted by molar-refractivity contribution is 14.0. The van der Waals surface area contributed by atoms with Gasteiger partial charge in [-0.3, -0.25) is 4.79 Å². The van der Waals surface area contributed by atoms with E-state index in [1.165, 1.54) is 11.3 Å². The van der Waals surface area contributed by atoms with Crippen LogP contribution >= 0.6 is 24.0 Å². The zero-order chi connectivity index (χ0) is 19.9. The van der Waals surface area contributed by atoms with Crippen LogP contribution in [0.25, 0.3) is 0 Å². The number of benzene rings is 2. The lowest BCUT2D eigenvalue weighted by Gasteiger charge is -2.26. The molecule has 29 heavy (non-hydrogen) atoms. The number of hydrogen-bond donors (Lipinski definition) is 3. The molecule has 3 N–H and O–H groups in total. The van der Waals surface area contributed by atoms with Gasteiger partial charge in [-0.15, -0.1) is 24.0 Å². The van der Waals surface area contributed by atoms with Crippen molar-refractivity contribution in [2.75, 3.05) is 37.4 Å². The van der Waals surface area contributed by atoms with E-state index < -0.39 is 0 Å². The van der Waals surface area contributed by atoms with Crippen molar-refractivity contribution in [3.63, 3.8) is 0 Å². The summed E-state index contributed by atoms with van der Waals surface area (Å²) in [5.74, 6) is 0.962. The number of fused-ring (bicyclic) bond motifs is 1. The summed E-state index contributed by atoms with van der Waals surface area (Å²) in [4.78, 5) is 18.8. The second kappa shape index (κ2) is 11.0. The maximum Gasteiger partial charge on any atom is 0.225 e. The first-order chi connectivity index (χ1) is 13.6. The molecule has 3 rings (SSSR count). The standard InChI is InChI=1S/C22H29N5O.HI/c1-4-23-22(24-14-16-9-11-18(12-10-16)27(2)3)25-15-17-13-21(28)26-20-8-6-5-7-19(17)20;/h5-12,17H,4,13-15H2,1-3H3,(H,26,28)(H2,23,24,25);1H. The van der Waals surface area contributed by atoms with Crippen LogP contribution in [0.2, 0.25) is 0 Å². The van der Waals surface area contributed by atoms with E-state index in [9.17, 15) is 4.79 Å². The average Bonchev–Trinajstić information content (AvgIpc) is 2.70. The molecule has 2 aromatic carbocycles. The molecule has 1 amide bonds. The minimum Gasteiger partial charge on any atom is -0.378 e. The van der Waals surface area contributed by atoms with Crippen molar-refractivity contribution in [1.29, 1.82) is 0 Å². The summed E-state index contributed by atoms with van der Waals surface area (Å²) in [6.45, 7) is 4.10. The molecule has 7 heteroatoms. The van der Waals surface area contributed by atoms with Gasteiger partial charge in [-0.2, -0.15) is 0 Å². The third kappa shape index (κ3) is 6.35. The summed E-state index contributed by atoms with van der Waals surface area (Å²) in [6, 6.07) is 16.4. The van der Waals surface area contributed by atoms with E-state index >= 15 is 0 Å². The summed E-state index contributed by atoms with van der Waals surface area (Å²) < 4.78 is 0. The molecule has 0 fully saturated rings. The number of halogens is 1. The molecule has 156 valence electrons. The van der Waals surface area contributed by atoms with Crippen molar-refractivity contribution in [3.05, 3.63) is 59.7 Å². The molecule has 0 spiro atoms. The predicted molar refractivity (Wildman–Crippen MR) is 131 cm³/mol. The fourth-order valence-corrected chi connectivity index (χ4v) is 3.32. The third-order valence-corrected chi connectivity index (χ3v) is 4.84. The van der Waals surface area contributed by atoms with Gasteiger partial charge >= 0.3 is 0 Å². The van der Waals surface area contributed by atoms with Crippen LogP contribution in [0.5, 0.6) is 0 Å². The van der Waals surface area contributed by atoms with Crippen LogP contribution in [0.3, 0.4) is 0 Å². The first-order valence-corrected chi connectivity index (χ1v) is 9.74. The fraction of sp³-hybridized carbons (Fsp3) is 0.364. The highest BCUT2D eigenvalue weighted by Crippen LogP contribution is 2.31. The van der Waals surface area contributed by atoms with Crippen LogP contribution in [0.15, 0.2) is 53.5 Å². The Morgan fingerprint density at radius 1 is 1.14 bits per heavy atom. The minimum atomic E-state index is 0. The van der Waals surface area contributed by atoms with Crippen LogP contribution in [0.4, 0.5) is 11.4 Å². The minimum absolute atomic E-state index is 0. The number of aliphatic imine (C=N–C) groups is 1. The van der Waals surface area contributed by atoms with E-state index in [4.69, 9.17) is 4.99 Å². The monoisotopic (exact) mass is 507 g/mol. The number of nitrogens with one attached hydrogen (secondary N) is 3. The highest BCUT2D eigenvalue weighted by atomic mass is 127. The van der Waals surface area contributed by atoms with Gasteiger partial charge < -0.3 is 20.9 Å². The largest absolute Gasteiger partial charge is 0.378 e. The molecule has 0 radical (unpaired) electrons. The Hall–Kier alpha value is -2.29. The Labute approximate surface area is 190 Å². The van der Waals surface area contributed by atoms with Gasteiger partial charge in [0.2, 0.25) is 5.91 Å². The summed E-state index contributed by atoms with van der Waals surface area (Å²) in [6.07, 6.45) is 0.482.